The van der Waals surface area contributed by atoms with E-state index in [0.29, 0.717) is 0 Å². The average Bonchev–Trinajstić information content (AvgIpc) is 2.74. The summed E-state index contributed by atoms with van der Waals surface area (Å²) in [7, 11) is 0. The van der Waals surface area contributed by atoms with E-state index in [-0.39, 0.29) is 6.42 Å². The molecule has 0 saturated heterocycles. The summed E-state index contributed by atoms with van der Waals surface area (Å²) in [6.45, 7) is 6.63. The molecular formula is C23H34N4O7. The zero-order valence-corrected chi connectivity index (χ0v) is 19.8. The van der Waals surface area contributed by atoms with Gasteiger partial charge in [0.25, 0.3) is 0 Å². The summed E-state index contributed by atoms with van der Waals surface area (Å²) in [6.07, 6.45) is -0.525. The molecule has 1 aromatic rings. The number of carboxylic acid groups (broad SMARTS) is 2. The van der Waals surface area contributed by atoms with Gasteiger partial charge in [-0.05, 0) is 17.4 Å². The fraction of sp³-hybridized carbons (Fsp3) is 0.522. The first-order chi connectivity index (χ1) is 15.8. The fourth-order valence-corrected chi connectivity index (χ4v) is 3.16. The summed E-state index contributed by atoms with van der Waals surface area (Å²) in [5.74, 6) is -5.45. The molecule has 0 radical (unpaired) electrons. The normalized spacial score (nSPS) is 14.6. The lowest BCUT2D eigenvalue weighted by molar-refractivity contribution is -0.143. The number of nitrogens with one attached hydrogen (secondary N) is 3. The van der Waals surface area contributed by atoms with Crippen LogP contribution in [0, 0.1) is 11.8 Å². The highest BCUT2D eigenvalue weighted by Gasteiger charge is 2.32. The second kappa shape index (κ2) is 13.3. The van der Waals surface area contributed by atoms with Crippen molar-refractivity contribution in [2.24, 2.45) is 17.6 Å². The molecule has 1 rings (SSSR count). The fourth-order valence-electron chi connectivity index (χ4n) is 3.16. The van der Waals surface area contributed by atoms with E-state index in [1.165, 1.54) is 0 Å². The highest BCUT2D eigenvalue weighted by atomic mass is 16.4. The van der Waals surface area contributed by atoms with Gasteiger partial charge in [0.1, 0.15) is 18.1 Å². The molecule has 34 heavy (non-hydrogen) atoms. The minimum absolute atomic E-state index is 0.0835. The molecule has 0 aliphatic carbocycles. The van der Waals surface area contributed by atoms with Crippen molar-refractivity contribution in [2.45, 2.75) is 64.7 Å². The zero-order valence-electron chi connectivity index (χ0n) is 19.8. The Hall–Kier alpha value is -3.47. The Bertz CT molecular complexity index is 873. The molecular weight excluding hydrogens is 444 g/mol. The van der Waals surface area contributed by atoms with E-state index in [1.807, 2.05) is 0 Å². The number of carbonyl (C=O) groups is 5. The van der Waals surface area contributed by atoms with Gasteiger partial charge in [0.05, 0.1) is 12.5 Å². The second-order valence-corrected chi connectivity index (χ2v) is 8.75. The molecule has 0 aliphatic heterocycles. The van der Waals surface area contributed by atoms with Crippen LogP contribution in [0.4, 0.5) is 0 Å². The van der Waals surface area contributed by atoms with Crippen LogP contribution in [0.1, 0.15) is 39.7 Å². The third-order valence-electron chi connectivity index (χ3n) is 5.12. The predicted molar refractivity (Wildman–Crippen MR) is 123 cm³/mol. The number of hydrogen-bond donors (Lipinski definition) is 6. The number of aliphatic carboxylic acids is 2. The van der Waals surface area contributed by atoms with Crippen LogP contribution in [0.15, 0.2) is 30.3 Å². The van der Waals surface area contributed by atoms with Gasteiger partial charge < -0.3 is 31.9 Å². The van der Waals surface area contributed by atoms with Crippen molar-refractivity contribution in [2.75, 3.05) is 0 Å². The van der Waals surface area contributed by atoms with Crippen LogP contribution in [0.3, 0.4) is 0 Å². The van der Waals surface area contributed by atoms with E-state index < -0.39 is 72.1 Å². The van der Waals surface area contributed by atoms with Crippen molar-refractivity contribution >= 4 is 29.7 Å². The van der Waals surface area contributed by atoms with E-state index in [0.717, 1.165) is 5.56 Å². The van der Waals surface area contributed by atoms with Crippen LogP contribution in [0.5, 0.6) is 0 Å². The van der Waals surface area contributed by atoms with Gasteiger partial charge in [-0.2, -0.15) is 0 Å². The van der Waals surface area contributed by atoms with Crippen LogP contribution in [0.2, 0.25) is 0 Å². The van der Waals surface area contributed by atoms with E-state index in [9.17, 15) is 29.1 Å². The van der Waals surface area contributed by atoms with E-state index in [2.05, 4.69) is 16.0 Å². The summed E-state index contributed by atoms with van der Waals surface area (Å²) in [5.41, 5.74) is 6.32. The molecule has 188 valence electrons. The molecule has 0 spiro atoms. The lowest BCUT2D eigenvalue weighted by Crippen LogP contribution is -2.59. The minimum atomic E-state index is -1.35. The van der Waals surface area contributed by atoms with Crippen LogP contribution in [-0.2, 0) is 30.4 Å². The van der Waals surface area contributed by atoms with Gasteiger partial charge in [0.15, 0.2) is 0 Å². The van der Waals surface area contributed by atoms with Crippen molar-refractivity contribution in [3.8, 4) is 0 Å². The summed E-state index contributed by atoms with van der Waals surface area (Å²) in [6, 6.07) is 4.12. The van der Waals surface area contributed by atoms with Crippen molar-refractivity contribution in [3.05, 3.63) is 35.9 Å². The molecule has 1 aromatic carbocycles. The molecule has 4 unspecified atom stereocenters. The maximum absolute atomic E-state index is 13.0. The van der Waals surface area contributed by atoms with Crippen LogP contribution >= 0.6 is 0 Å². The largest absolute Gasteiger partial charge is 0.481 e. The first kappa shape index (κ1) is 28.6. The Balaban J connectivity index is 3.09. The number of amides is 3. The summed E-state index contributed by atoms with van der Waals surface area (Å²) in [4.78, 5) is 60.7. The van der Waals surface area contributed by atoms with E-state index >= 15 is 0 Å². The molecule has 4 atom stereocenters. The zero-order chi connectivity index (χ0) is 26.0. The summed E-state index contributed by atoms with van der Waals surface area (Å²) in [5, 5.41) is 25.8. The Morgan fingerprint density at radius 2 is 1.32 bits per heavy atom. The number of benzene rings is 1. The van der Waals surface area contributed by atoms with Gasteiger partial charge in [-0.25, -0.2) is 4.79 Å². The van der Waals surface area contributed by atoms with E-state index in [4.69, 9.17) is 10.8 Å². The maximum atomic E-state index is 13.0. The van der Waals surface area contributed by atoms with Crippen molar-refractivity contribution in [3.63, 3.8) is 0 Å². The van der Waals surface area contributed by atoms with Crippen LogP contribution < -0.4 is 21.7 Å². The van der Waals surface area contributed by atoms with Crippen LogP contribution in [-0.4, -0.2) is 64.0 Å². The molecule has 3 amide bonds. The third-order valence-corrected chi connectivity index (χ3v) is 5.12. The van der Waals surface area contributed by atoms with Crippen LogP contribution in [0.25, 0.3) is 0 Å². The Kier molecular flexibility index (Phi) is 11.2. The van der Waals surface area contributed by atoms with Crippen molar-refractivity contribution in [1.29, 1.82) is 0 Å². The first-order valence-corrected chi connectivity index (χ1v) is 11.0. The number of rotatable bonds is 13. The Morgan fingerprint density at radius 1 is 0.794 bits per heavy atom. The molecule has 0 aromatic heterocycles. The molecule has 11 heteroatoms. The number of hydrogen-bond acceptors (Lipinski definition) is 6. The monoisotopic (exact) mass is 478 g/mol. The second-order valence-electron chi connectivity index (χ2n) is 8.75. The van der Waals surface area contributed by atoms with Gasteiger partial charge in [0, 0.05) is 6.42 Å². The molecule has 0 aliphatic rings. The van der Waals surface area contributed by atoms with Gasteiger partial charge in [-0.3, -0.25) is 19.2 Å². The standard InChI is InChI=1S/C23H34N4O7/c1-12(2)18(26-20(30)15(24)11-17(28)29)22(32)25-16(10-14-8-6-5-7-9-14)21(31)27-19(13(3)4)23(33)34/h5-9,12-13,15-16,18-19H,10-11,24H2,1-4H3,(H,25,32)(H,26,30)(H,27,31)(H,28,29)(H,33,34). The quantitative estimate of drug-likeness (QED) is 0.226. The Morgan fingerprint density at radius 3 is 1.79 bits per heavy atom. The number of nitrogens with two attached hydrogens (primary N) is 1. The lowest BCUT2D eigenvalue weighted by atomic mass is 9.99. The molecule has 0 saturated carbocycles. The first-order valence-electron chi connectivity index (χ1n) is 11.0. The molecule has 7 N–H and O–H groups in total. The average molecular weight is 479 g/mol. The van der Waals surface area contributed by atoms with Gasteiger partial charge in [0.2, 0.25) is 17.7 Å². The smallest absolute Gasteiger partial charge is 0.326 e. The highest BCUT2D eigenvalue weighted by Crippen LogP contribution is 2.09. The summed E-state index contributed by atoms with van der Waals surface area (Å²) >= 11 is 0. The molecule has 11 nitrogen and oxygen atoms in total. The lowest BCUT2D eigenvalue weighted by Gasteiger charge is -2.27. The Labute approximate surface area is 198 Å². The van der Waals surface area contributed by atoms with Crippen molar-refractivity contribution < 1.29 is 34.2 Å². The molecule has 0 fully saturated rings. The van der Waals surface area contributed by atoms with E-state index in [1.54, 1.807) is 58.0 Å². The van der Waals surface area contributed by atoms with Gasteiger partial charge in [-0.15, -0.1) is 0 Å². The maximum Gasteiger partial charge on any atom is 0.326 e. The third kappa shape index (κ3) is 9.18. The SMILES string of the molecule is CC(C)C(NC(=O)C(Cc1ccccc1)NC(=O)C(NC(=O)C(N)CC(=O)O)C(C)C)C(=O)O. The van der Waals surface area contributed by atoms with Gasteiger partial charge >= 0.3 is 11.9 Å². The number of carboxylic acids is 2. The molecule has 0 bridgehead atoms. The highest BCUT2D eigenvalue weighted by molar-refractivity contribution is 5.95. The van der Waals surface area contributed by atoms with Crippen molar-refractivity contribution in [1.82, 2.24) is 16.0 Å². The van der Waals surface area contributed by atoms with Gasteiger partial charge in [-0.1, -0.05) is 58.0 Å². The predicted octanol–water partition coefficient (Wildman–Crippen LogP) is -0.118. The number of carbonyl (C=O) groups excluding carboxylic acids is 3. The minimum Gasteiger partial charge on any atom is -0.481 e. The summed E-state index contributed by atoms with van der Waals surface area (Å²) < 4.78 is 0. The molecule has 0 heterocycles. The topological polar surface area (TPSA) is 188 Å².